The van der Waals surface area contributed by atoms with Crippen LogP contribution < -0.4 is 0 Å². The minimum Gasteiger partial charge on any atom is -0.0961 e. The van der Waals surface area contributed by atoms with Gasteiger partial charge in [0.1, 0.15) is 0 Å². The van der Waals surface area contributed by atoms with Crippen LogP contribution in [0.3, 0.4) is 0 Å². The second-order valence-corrected chi connectivity index (χ2v) is 8.91. The molecule has 0 fully saturated rings. The minimum absolute atomic E-state index is 0.332. The van der Waals surface area contributed by atoms with Gasteiger partial charge in [-0.25, -0.2) is 0 Å². The molecule has 1 aliphatic rings. The fourth-order valence-electron chi connectivity index (χ4n) is 4.55. The summed E-state index contributed by atoms with van der Waals surface area (Å²) in [4.78, 5) is 0. The molecular formula is C28H25I. The Morgan fingerprint density at radius 1 is 0.897 bits per heavy atom. The quantitative estimate of drug-likeness (QED) is 0.258. The molecule has 0 N–H and O–H groups in total. The Bertz CT molecular complexity index is 1150. The lowest BCUT2D eigenvalue weighted by atomic mass is 9.67. The minimum atomic E-state index is -0.332. The zero-order chi connectivity index (χ0) is 20.6. The first-order valence-electron chi connectivity index (χ1n) is 9.96. The van der Waals surface area contributed by atoms with E-state index in [0.717, 1.165) is 5.57 Å². The van der Waals surface area contributed by atoms with E-state index in [2.05, 4.69) is 128 Å². The molecule has 0 saturated carbocycles. The Morgan fingerprint density at radius 2 is 1.59 bits per heavy atom. The second kappa shape index (κ2) is 7.79. The smallest absolute Gasteiger partial charge is 0.0710 e. The van der Waals surface area contributed by atoms with E-state index in [-0.39, 0.29) is 5.41 Å². The summed E-state index contributed by atoms with van der Waals surface area (Å²) in [6, 6.07) is 24.6. The van der Waals surface area contributed by atoms with Crippen LogP contribution >= 0.6 is 22.6 Å². The van der Waals surface area contributed by atoms with Crippen LogP contribution in [0, 0.1) is 10.5 Å². The lowest BCUT2D eigenvalue weighted by molar-refractivity contribution is 0.764. The molecule has 1 atom stereocenters. The van der Waals surface area contributed by atoms with E-state index < -0.39 is 0 Å². The number of halogens is 1. The van der Waals surface area contributed by atoms with Gasteiger partial charge in [-0.3, -0.25) is 0 Å². The molecule has 1 heteroatoms. The molecule has 0 saturated heterocycles. The van der Waals surface area contributed by atoms with Gasteiger partial charge in [-0.2, -0.15) is 0 Å². The highest BCUT2D eigenvalue weighted by atomic mass is 127. The number of rotatable bonds is 4. The van der Waals surface area contributed by atoms with Gasteiger partial charge in [-0.1, -0.05) is 96.6 Å². The van der Waals surface area contributed by atoms with E-state index in [4.69, 9.17) is 0 Å². The lowest BCUT2D eigenvalue weighted by Crippen LogP contribution is -2.29. The van der Waals surface area contributed by atoms with Crippen molar-refractivity contribution in [3.63, 3.8) is 0 Å². The van der Waals surface area contributed by atoms with E-state index in [1.165, 1.54) is 42.5 Å². The summed E-state index contributed by atoms with van der Waals surface area (Å²) in [7, 11) is 0. The van der Waals surface area contributed by atoms with Crippen LogP contribution in [0.1, 0.15) is 36.1 Å². The Labute approximate surface area is 187 Å². The van der Waals surface area contributed by atoms with Crippen molar-refractivity contribution in [2.24, 2.45) is 0 Å². The average molecular weight is 488 g/mol. The molecule has 0 bridgehead atoms. The molecule has 3 aromatic rings. The monoisotopic (exact) mass is 488 g/mol. The summed E-state index contributed by atoms with van der Waals surface area (Å²) in [6.45, 7) is 10.4. The van der Waals surface area contributed by atoms with Crippen LogP contribution in [-0.2, 0) is 5.41 Å². The van der Waals surface area contributed by atoms with Crippen molar-refractivity contribution in [1.82, 2.24) is 0 Å². The first-order valence-corrected chi connectivity index (χ1v) is 11.0. The molecule has 0 aromatic heterocycles. The summed E-state index contributed by atoms with van der Waals surface area (Å²) < 4.78 is 1.29. The Kier molecular flexibility index (Phi) is 5.35. The molecule has 0 aliphatic heterocycles. The predicted octanol–water partition coefficient (Wildman–Crippen LogP) is 7.99. The van der Waals surface area contributed by atoms with Crippen LogP contribution in [0.4, 0.5) is 0 Å². The number of hydrogen-bond donors (Lipinski definition) is 0. The number of hydrogen-bond acceptors (Lipinski definition) is 0. The predicted molar refractivity (Wildman–Crippen MR) is 133 cm³/mol. The summed E-state index contributed by atoms with van der Waals surface area (Å²) >= 11 is 2.48. The standard InChI is InChI=1S/C28H25I/c1-5-21(16-13-19(2)3)28(22-17-14-20(4)15-18-22)24-10-7-6-9-23(24)27-25(28)11-8-12-26(27)29/h5-18H,2H2,1,3-4H3/b16-13-,21-5+. The molecule has 0 radical (unpaired) electrons. The van der Waals surface area contributed by atoms with Crippen molar-refractivity contribution in [3.8, 4) is 11.1 Å². The van der Waals surface area contributed by atoms with E-state index >= 15 is 0 Å². The van der Waals surface area contributed by atoms with Gasteiger partial charge >= 0.3 is 0 Å². The van der Waals surface area contributed by atoms with Crippen LogP contribution in [0.5, 0.6) is 0 Å². The van der Waals surface area contributed by atoms with Gasteiger partial charge < -0.3 is 0 Å². The average Bonchev–Trinajstić information content (AvgIpc) is 3.02. The molecule has 29 heavy (non-hydrogen) atoms. The van der Waals surface area contributed by atoms with Gasteiger partial charge in [0, 0.05) is 9.13 Å². The maximum absolute atomic E-state index is 4.08. The van der Waals surface area contributed by atoms with Gasteiger partial charge in [0.2, 0.25) is 0 Å². The van der Waals surface area contributed by atoms with Gasteiger partial charge in [0.25, 0.3) is 0 Å². The van der Waals surface area contributed by atoms with Crippen LogP contribution in [0.15, 0.2) is 103 Å². The fourth-order valence-corrected chi connectivity index (χ4v) is 5.33. The topological polar surface area (TPSA) is 0 Å². The molecule has 1 aliphatic carbocycles. The van der Waals surface area contributed by atoms with Crippen molar-refractivity contribution in [1.29, 1.82) is 0 Å². The first-order chi connectivity index (χ1) is 14.0. The van der Waals surface area contributed by atoms with Crippen LogP contribution in [0.25, 0.3) is 11.1 Å². The molecule has 1 unspecified atom stereocenters. The Morgan fingerprint density at radius 3 is 2.28 bits per heavy atom. The van der Waals surface area contributed by atoms with E-state index in [1.54, 1.807) is 0 Å². The summed E-state index contributed by atoms with van der Waals surface area (Å²) in [5.74, 6) is 0. The van der Waals surface area contributed by atoms with E-state index in [1.807, 2.05) is 6.92 Å². The third-order valence-corrected chi connectivity index (χ3v) is 6.69. The van der Waals surface area contributed by atoms with Gasteiger partial charge in [0.05, 0.1) is 5.41 Å². The van der Waals surface area contributed by atoms with Crippen molar-refractivity contribution in [2.75, 3.05) is 0 Å². The van der Waals surface area contributed by atoms with Crippen molar-refractivity contribution in [3.05, 3.63) is 129 Å². The summed E-state index contributed by atoms with van der Waals surface area (Å²) in [5.41, 5.74) is 9.96. The fraction of sp³-hybridized carbons (Fsp3) is 0.143. The van der Waals surface area contributed by atoms with Crippen LogP contribution in [0.2, 0.25) is 0 Å². The summed E-state index contributed by atoms with van der Waals surface area (Å²) in [6.07, 6.45) is 6.62. The van der Waals surface area contributed by atoms with Crippen molar-refractivity contribution < 1.29 is 0 Å². The van der Waals surface area contributed by atoms with Crippen LogP contribution in [-0.4, -0.2) is 0 Å². The van der Waals surface area contributed by atoms with E-state index in [9.17, 15) is 0 Å². The third-order valence-electron chi connectivity index (χ3n) is 5.79. The zero-order valence-electron chi connectivity index (χ0n) is 17.2. The highest BCUT2D eigenvalue weighted by Crippen LogP contribution is 2.57. The molecular weight excluding hydrogens is 463 g/mol. The number of benzene rings is 3. The third kappa shape index (κ3) is 3.12. The Hall–Kier alpha value is -2.39. The normalized spacial score (nSPS) is 18.0. The van der Waals surface area contributed by atoms with Gasteiger partial charge in [-0.05, 0) is 77.3 Å². The number of aryl methyl sites for hydroxylation is 1. The maximum Gasteiger partial charge on any atom is 0.0710 e. The van der Waals surface area contributed by atoms with Gasteiger partial charge in [0.15, 0.2) is 0 Å². The van der Waals surface area contributed by atoms with E-state index in [0.29, 0.717) is 0 Å². The highest BCUT2D eigenvalue weighted by molar-refractivity contribution is 14.1. The molecule has 0 nitrogen and oxygen atoms in total. The molecule has 0 amide bonds. The molecule has 0 spiro atoms. The van der Waals surface area contributed by atoms with Crippen molar-refractivity contribution >= 4 is 22.6 Å². The molecule has 144 valence electrons. The SMILES string of the molecule is C=C(C)/C=C\C(=C/C)C1(c2ccc(C)cc2)c2ccccc2-c2c(I)cccc21. The molecule has 3 aromatic carbocycles. The maximum atomic E-state index is 4.08. The van der Waals surface area contributed by atoms with Crippen molar-refractivity contribution in [2.45, 2.75) is 26.2 Å². The number of fused-ring (bicyclic) bond motifs is 3. The summed E-state index contributed by atoms with van der Waals surface area (Å²) in [5, 5.41) is 0. The van der Waals surface area contributed by atoms with Gasteiger partial charge in [-0.15, -0.1) is 0 Å². The zero-order valence-corrected chi connectivity index (χ0v) is 19.3. The second-order valence-electron chi connectivity index (χ2n) is 7.75. The molecule has 0 heterocycles. The molecule has 4 rings (SSSR count). The highest BCUT2D eigenvalue weighted by Gasteiger charge is 2.46. The number of allylic oxidation sites excluding steroid dienone is 5. The Balaban J connectivity index is 2.16. The largest absolute Gasteiger partial charge is 0.0961 e. The first kappa shape index (κ1) is 19.9. The lowest BCUT2D eigenvalue weighted by Gasteiger charge is -2.35.